The van der Waals surface area contributed by atoms with E-state index in [1.54, 1.807) is 7.05 Å². The third-order valence-electron chi connectivity index (χ3n) is 2.21. The molecule has 13 heavy (non-hydrogen) atoms. The number of aryl methyl sites for hydroxylation is 2. The van der Waals surface area contributed by atoms with E-state index in [9.17, 15) is 4.79 Å². The number of rotatable bonds is 2. The Morgan fingerprint density at radius 1 is 1.31 bits per heavy atom. The van der Waals surface area contributed by atoms with Crippen molar-refractivity contribution in [2.45, 2.75) is 20.3 Å². The van der Waals surface area contributed by atoms with E-state index in [1.165, 1.54) is 11.1 Å². The van der Waals surface area contributed by atoms with E-state index >= 15 is 0 Å². The first-order chi connectivity index (χ1) is 6.13. The van der Waals surface area contributed by atoms with Crippen LogP contribution in [-0.4, -0.2) is 13.0 Å². The maximum atomic E-state index is 11.1. The number of hydrogen-bond donors (Lipinski definition) is 1. The highest BCUT2D eigenvalue weighted by atomic mass is 16.1. The summed E-state index contributed by atoms with van der Waals surface area (Å²) < 4.78 is 0. The number of likely N-dealkylation sites (N-methyl/N-ethyl adjacent to an activating group) is 1. The van der Waals surface area contributed by atoms with Gasteiger partial charge in [0.15, 0.2) is 0 Å². The summed E-state index contributed by atoms with van der Waals surface area (Å²) in [6.07, 6.45) is 0.470. The highest BCUT2D eigenvalue weighted by Gasteiger charge is 2.01. The van der Waals surface area contributed by atoms with Crippen LogP contribution in [0.5, 0.6) is 0 Å². The number of carbonyl (C=O) groups excluding carboxylic acids is 1. The van der Waals surface area contributed by atoms with Gasteiger partial charge in [0.05, 0.1) is 6.42 Å². The monoisotopic (exact) mass is 177 g/mol. The van der Waals surface area contributed by atoms with Gasteiger partial charge in [0.2, 0.25) is 5.91 Å². The van der Waals surface area contributed by atoms with E-state index in [0.717, 1.165) is 5.56 Å². The molecular formula is C11H15NO. The van der Waals surface area contributed by atoms with Gasteiger partial charge >= 0.3 is 0 Å². The van der Waals surface area contributed by atoms with Gasteiger partial charge in [0.25, 0.3) is 0 Å². The van der Waals surface area contributed by atoms with Gasteiger partial charge in [-0.2, -0.15) is 0 Å². The van der Waals surface area contributed by atoms with Gasteiger partial charge in [0.1, 0.15) is 0 Å². The average Bonchev–Trinajstić information content (AvgIpc) is 2.11. The third-order valence-corrected chi connectivity index (χ3v) is 2.21. The van der Waals surface area contributed by atoms with Gasteiger partial charge < -0.3 is 5.32 Å². The molecule has 0 aromatic heterocycles. The number of hydrogen-bond acceptors (Lipinski definition) is 1. The lowest BCUT2D eigenvalue weighted by molar-refractivity contribution is -0.119. The second-order valence-electron chi connectivity index (χ2n) is 3.27. The Balaban J connectivity index is 2.79. The molecule has 0 radical (unpaired) electrons. The molecule has 0 saturated heterocycles. The van der Waals surface area contributed by atoms with E-state index in [0.29, 0.717) is 6.42 Å². The summed E-state index contributed by atoms with van der Waals surface area (Å²) in [5, 5.41) is 2.61. The van der Waals surface area contributed by atoms with Crippen LogP contribution < -0.4 is 5.32 Å². The molecule has 0 atom stereocenters. The van der Waals surface area contributed by atoms with E-state index in [1.807, 2.05) is 12.1 Å². The normalized spacial score (nSPS) is 9.77. The minimum atomic E-state index is 0.0586. The lowest BCUT2D eigenvalue weighted by Gasteiger charge is -2.04. The fraction of sp³-hybridized carbons (Fsp3) is 0.364. The molecule has 1 aromatic carbocycles. The molecule has 0 saturated carbocycles. The Kier molecular flexibility index (Phi) is 3.07. The molecule has 1 rings (SSSR count). The van der Waals surface area contributed by atoms with Crippen molar-refractivity contribution in [1.29, 1.82) is 0 Å². The second-order valence-corrected chi connectivity index (χ2v) is 3.27. The first-order valence-electron chi connectivity index (χ1n) is 4.40. The Labute approximate surface area is 79.0 Å². The first-order valence-corrected chi connectivity index (χ1v) is 4.40. The van der Waals surface area contributed by atoms with Crippen LogP contribution in [0.3, 0.4) is 0 Å². The molecule has 1 aromatic rings. The van der Waals surface area contributed by atoms with Crippen LogP contribution in [0.25, 0.3) is 0 Å². The summed E-state index contributed by atoms with van der Waals surface area (Å²) in [6, 6.07) is 6.11. The van der Waals surface area contributed by atoms with E-state index in [4.69, 9.17) is 0 Å². The number of carbonyl (C=O) groups is 1. The van der Waals surface area contributed by atoms with Crippen LogP contribution in [0.2, 0.25) is 0 Å². The quantitative estimate of drug-likeness (QED) is 0.730. The summed E-state index contributed by atoms with van der Waals surface area (Å²) >= 11 is 0. The predicted molar refractivity (Wildman–Crippen MR) is 53.7 cm³/mol. The van der Waals surface area contributed by atoms with Crippen LogP contribution >= 0.6 is 0 Å². The van der Waals surface area contributed by atoms with Gasteiger partial charge in [-0.25, -0.2) is 0 Å². The van der Waals surface area contributed by atoms with E-state index in [2.05, 4.69) is 25.2 Å². The van der Waals surface area contributed by atoms with Crippen LogP contribution in [0.4, 0.5) is 0 Å². The van der Waals surface area contributed by atoms with Gasteiger partial charge in [-0.3, -0.25) is 4.79 Å². The SMILES string of the molecule is CNC(=O)Cc1ccc(C)c(C)c1. The van der Waals surface area contributed by atoms with Crippen LogP contribution in [0.1, 0.15) is 16.7 Å². The van der Waals surface area contributed by atoms with Gasteiger partial charge in [0, 0.05) is 7.05 Å². The van der Waals surface area contributed by atoms with E-state index in [-0.39, 0.29) is 5.91 Å². The minimum Gasteiger partial charge on any atom is -0.359 e. The average molecular weight is 177 g/mol. The number of nitrogens with one attached hydrogen (secondary N) is 1. The smallest absolute Gasteiger partial charge is 0.224 e. The molecule has 0 aliphatic rings. The van der Waals surface area contributed by atoms with Crippen molar-refractivity contribution in [2.75, 3.05) is 7.05 Å². The fourth-order valence-electron chi connectivity index (χ4n) is 1.19. The van der Waals surface area contributed by atoms with Crippen molar-refractivity contribution in [2.24, 2.45) is 0 Å². The standard InChI is InChI=1S/C11H15NO/c1-8-4-5-10(6-9(8)2)7-11(13)12-3/h4-6H,7H2,1-3H3,(H,12,13). The molecule has 0 aliphatic carbocycles. The molecule has 0 bridgehead atoms. The van der Waals surface area contributed by atoms with Crippen LogP contribution in [-0.2, 0) is 11.2 Å². The van der Waals surface area contributed by atoms with Crippen LogP contribution in [0, 0.1) is 13.8 Å². The van der Waals surface area contributed by atoms with Crippen molar-refractivity contribution >= 4 is 5.91 Å². The van der Waals surface area contributed by atoms with Gasteiger partial charge in [-0.15, -0.1) is 0 Å². The highest BCUT2D eigenvalue weighted by molar-refractivity contribution is 5.78. The Morgan fingerprint density at radius 3 is 2.54 bits per heavy atom. The second kappa shape index (κ2) is 4.08. The van der Waals surface area contributed by atoms with Crippen molar-refractivity contribution in [3.63, 3.8) is 0 Å². The maximum absolute atomic E-state index is 11.1. The Hall–Kier alpha value is -1.31. The molecule has 1 amide bonds. The molecule has 0 aliphatic heterocycles. The van der Waals surface area contributed by atoms with Crippen molar-refractivity contribution in [3.8, 4) is 0 Å². The van der Waals surface area contributed by atoms with Gasteiger partial charge in [-0.1, -0.05) is 18.2 Å². The molecule has 0 unspecified atom stereocenters. The summed E-state index contributed by atoms with van der Waals surface area (Å²) in [6.45, 7) is 4.13. The molecular weight excluding hydrogens is 162 g/mol. The molecule has 2 heteroatoms. The Bertz CT molecular complexity index is 318. The highest BCUT2D eigenvalue weighted by Crippen LogP contribution is 2.09. The zero-order chi connectivity index (χ0) is 9.84. The zero-order valence-corrected chi connectivity index (χ0v) is 8.35. The topological polar surface area (TPSA) is 29.1 Å². The third kappa shape index (κ3) is 2.58. The summed E-state index contributed by atoms with van der Waals surface area (Å²) in [5.74, 6) is 0.0586. The lowest BCUT2D eigenvalue weighted by atomic mass is 10.0. The summed E-state index contributed by atoms with van der Waals surface area (Å²) in [4.78, 5) is 11.1. The first kappa shape index (κ1) is 9.78. The zero-order valence-electron chi connectivity index (χ0n) is 8.35. The predicted octanol–water partition coefficient (Wildman–Crippen LogP) is 1.59. The lowest BCUT2D eigenvalue weighted by Crippen LogP contribution is -2.19. The van der Waals surface area contributed by atoms with Gasteiger partial charge in [-0.05, 0) is 30.5 Å². The molecule has 1 N–H and O–H groups in total. The molecule has 0 heterocycles. The largest absolute Gasteiger partial charge is 0.359 e. The molecule has 2 nitrogen and oxygen atoms in total. The number of benzene rings is 1. The fourth-order valence-corrected chi connectivity index (χ4v) is 1.19. The van der Waals surface area contributed by atoms with Crippen molar-refractivity contribution < 1.29 is 4.79 Å². The Morgan fingerprint density at radius 2 is 2.00 bits per heavy atom. The summed E-state index contributed by atoms with van der Waals surface area (Å²) in [7, 11) is 1.66. The summed E-state index contributed by atoms with van der Waals surface area (Å²) in [5.41, 5.74) is 3.57. The molecule has 0 fully saturated rings. The minimum absolute atomic E-state index is 0.0586. The number of amides is 1. The molecule has 70 valence electrons. The maximum Gasteiger partial charge on any atom is 0.224 e. The van der Waals surface area contributed by atoms with Crippen LogP contribution in [0.15, 0.2) is 18.2 Å². The van der Waals surface area contributed by atoms with Crippen molar-refractivity contribution in [3.05, 3.63) is 34.9 Å². The van der Waals surface area contributed by atoms with Crippen molar-refractivity contribution in [1.82, 2.24) is 5.32 Å². The molecule has 0 spiro atoms. The van der Waals surface area contributed by atoms with E-state index < -0.39 is 0 Å².